The van der Waals surface area contributed by atoms with Crippen molar-refractivity contribution in [1.82, 2.24) is 15.5 Å². The molecule has 0 atom stereocenters. The third-order valence-corrected chi connectivity index (χ3v) is 2.70. The van der Waals surface area contributed by atoms with Crippen molar-refractivity contribution in [2.45, 2.75) is 40.0 Å². The van der Waals surface area contributed by atoms with Gasteiger partial charge in [-0.1, -0.05) is 20.8 Å². The van der Waals surface area contributed by atoms with Crippen molar-refractivity contribution in [2.24, 2.45) is 5.92 Å². The van der Waals surface area contributed by atoms with E-state index in [9.17, 15) is 4.79 Å². The van der Waals surface area contributed by atoms with Crippen LogP contribution in [0, 0.1) is 5.92 Å². The van der Waals surface area contributed by atoms with Gasteiger partial charge in [0.25, 0.3) is 5.91 Å². The van der Waals surface area contributed by atoms with Crippen LogP contribution in [0.2, 0.25) is 0 Å². The Morgan fingerprint density at radius 3 is 2.76 bits per heavy atom. The van der Waals surface area contributed by atoms with Crippen LogP contribution in [0.3, 0.4) is 0 Å². The lowest BCUT2D eigenvalue weighted by molar-refractivity contribution is 0.0948. The first-order valence-corrected chi connectivity index (χ1v) is 6.17. The van der Waals surface area contributed by atoms with Crippen molar-refractivity contribution >= 4 is 11.6 Å². The molecule has 5 heteroatoms. The van der Waals surface area contributed by atoms with Gasteiger partial charge < -0.3 is 11.1 Å². The standard InChI is InChI=1S/C12H22N4O/c1-4-9-10(13)11(16-15-9)12(17)14-7-5-6-8(2)3/h8H,4-7,13H2,1-3H3,(H,14,17)(H,15,16). The average molecular weight is 238 g/mol. The quantitative estimate of drug-likeness (QED) is 0.660. The van der Waals surface area contributed by atoms with Gasteiger partial charge in [0.05, 0.1) is 11.4 Å². The van der Waals surface area contributed by atoms with E-state index < -0.39 is 0 Å². The lowest BCUT2D eigenvalue weighted by Gasteiger charge is -2.05. The Kier molecular flexibility index (Phi) is 5.00. The van der Waals surface area contributed by atoms with Crippen molar-refractivity contribution in [2.75, 3.05) is 12.3 Å². The summed E-state index contributed by atoms with van der Waals surface area (Å²) < 4.78 is 0. The number of hydrogen-bond donors (Lipinski definition) is 3. The minimum atomic E-state index is -0.192. The van der Waals surface area contributed by atoms with E-state index in [1.807, 2.05) is 6.92 Å². The molecule has 0 spiro atoms. The molecule has 1 amide bonds. The Balaban J connectivity index is 2.44. The normalized spacial score (nSPS) is 10.8. The number of carbonyl (C=O) groups excluding carboxylic acids is 1. The Bertz CT molecular complexity index is 371. The summed E-state index contributed by atoms with van der Waals surface area (Å²) in [5.74, 6) is 0.469. The molecule has 0 saturated heterocycles. The smallest absolute Gasteiger partial charge is 0.273 e. The second-order valence-corrected chi connectivity index (χ2v) is 4.61. The lowest BCUT2D eigenvalue weighted by Crippen LogP contribution is -2.25. The minimum Gasteiger partial charge on any atom is -0.395 e. The zero-order chi connectivity index (χ0) is 12.8. The molecule has 0 radical (unpaired) electrons. The molecule has 1 aromatic rings. The molecule has 0 aliphatic heterocycles. The molecule has 0 bridgehead atoms. The van der Waals surface area contributed by atoms with Crippen molar-refractivity contribution in [1.29, 1.82) is 0 Å². The van der Waals surface area contributed by atoms with Gasteiger partial charge in [-0.3, -0.25) is 9.89 Å². The zero-order valence-electron chi connectivity index (χ0n) is 10.8. The van der Waals surface area contributed by atoms with Gasteiger partial charge in [0.2, 0.25) is 0 Å². The van der Waals surface area contributed by atoms with E-state index in [0.29, 0.717) is 23.8 Å². The van der Waals surface area contributed by atoms with Crippen molar-refractivity contribution in [3.8, 4) is 0 Å². The van der Waals surface area contributed by atoms with Crippen LogP contribution >= 0.6 is 0 Å². The summed E-state index contributed by atoms with van der Waals surface area (Å²) in [5, 5.41) is 9.55. The summed E-state index contributed by atoms with van der Waals surface area (Å²) in [7, 11) is 0. The van der Waals surface area contributed by atoms with Crippen molar-refractivity contribution in [3.63, 3.8) is 0 Å². The largest absolute Gasteiger partial charge is 0.395 e. The van der Waals surface area contributed by atoms with Crippen LogP contribution in [-0.4, -0.2) is 22.6 Å². The predicted octanol–water partition coefficient (Wildman–Crippen LogP) is 1.72. The molecule has 1 aromatic heterocycles. The zero-order valence-corrected chi connectivity index (χ0v) is 10.8. The van der Waals surface area contributed by atoms with Crippen LogP contribution in [0.25, 0.3) is 0 Å². The fourth-order valence-corrected chi connectivity index (χ4v) is 1.63. The molecule has 96 valence electrons. The molecule has 0 saturated carbocycles. The third-order valence-electron chi connectivity index (χ3n) is 2.70. The van der Waals surface area contributed by atoms with Crippen LogP contribution in [-0.2, 0) is 6.42 Å². The van der Waals surface area contributed by atoms with Gasteiger partial charge in [0, 0.05) is 6.54 Å². The molecule has 0 aromatic carbocycles. The van der Waals surface area contributed by atoms with Gasteiger partial charge in [-0.2, -0.15) is 5.10 Å². The molecule has 4 N–H and O–H groups in total. The van der Waals surface area contributed by atoms with Gasteiger partial charge in [0.15, 0.2) is 5.69 Å². The highest BCUT2D eigenvalue weighted by atomic mass is 16.1. The Labute approximate surface area is 102 Å². The number of nitrogens with one attached hydrogen (secondary N) is 2. The summed E-state index contributed by atoms with van der Waals surface area (Å²) in [6, 6.07) is 0. The van der Waals surface area contributed by atoms with Gasteiger partial charge in [-0.25, -0.2) is 0 Å². The number of anilines is 1. The Morgan fingerprint density at radius 1 is 1.53 bits per heavy atom. The predicted molar refractivity (Wildman–Crippen MR) is 68.8 cm³/mol. The Morgan fingerprint density at radius 2 is 2.24 bits per heavy atom. The van der Waals surface area contributed by atoms with E-state index in [-0.39, 0.29) is 5.91 Å². The van der Waals surface area contributed by atoms with Crippen LogP contribution in [0.15, 0.2) is 0 Å². The van der Waals surface area contributed by atoms with E-state index in [1.54, 1.807) is 0 Å². The number of nitrogens with two attached hydrogens (primary N) is 1. The maximum Gasteiger partial charge on any atom is 0.273 e. The number of aromatic amines is 1. The summed E-state index contributed by atoms with van der Waals surface area (Å²) >= 11 is 0. The fraction of sp³-hybridized carbons (Fsp3) is 0.667. The molecule has 0 aliphatic carbocycles. The number of amides is 1. The molecule has 0 fully saturated rings. The fourth-order valence-electron chi connectivity index (χ4n) is 1.63. The highest BCUT2D eigenvalue weighted by Crippen LogP contribution is 2.14. The number of rotatable bonds is 6. The van der Waals surface area contributed by atoms with Crippen LogP contribution in [0.1, 0.15) is 49.8 Å². The first-order valence-electron chi connectivity index (χ1n) is 6.17. The SMILES string of the molecule is CCc1[nH]nc(C(=O)NCCCC(C)C)c1N. The highest BCUT2D eigenvalue weighted by molar-refractivity contribution is 5.97. The highest BCUT2D eigenvalue weighted by Gasteiger charge is 2.15. The molecule has 17 heavy (non-hydrogen) atoms. The summed E-state index contributed by atoms with van der Waals surface area (Å²) in [4.78, 5) is 11.8. The number of nitrogens with zero attached hydrogens (tertiary/aromatic N) is 1. The summed E-state index contributed by atoms with van der Waals surface area (Å²) in [5.41, 5.74) is 7.41. The topological polar surface area (TPSA) is 83.8 Å². The van der Waals surface area contributed by atoms with Crippen molar-refractivity contribution < 1.29 is 4.79 Å². The lowest BCUT2D eigenvalue weighted by atomic mass is 10.1. The Hall–Kier alpha value is -1.52. The van der Waals surface area contributed by atoms with Gasteiger partial charge in [-0.15, -0.1) is 0 Å². The monoisotopic (exact) mass is 238 g/mol. The molecular formula is C12H22N4O. The van der Waals surface area contributed by atoms with Crippen molar-refractivity contribution in [3.05, 3.63) is 11.4 Å². The molecule has 1 rings (SSSR count). The van der Waals surface area contributed by atoms with Crippen LogP contribution < -0.4 is 11.1 Å². The van der Waals surface area contributed by atoms with Gasteiger partial charge in [-0.05, 0) is 25.2 Å². The minimum absolute atomic E-state index is 0.192. The van der Waals surface area contributed by atoms with Gasteiger partial charge >= 0.3 is 0 Å². The van der Waals surface area contributed by atoms with E-state index in [4.69, 9.17) is 5.73 Å². The summed E-state index contributed by atoms with van der Waals surface area (Å²) in [6.45, 7) is 6.97. The molecule has 5 nitrogen and oxygen atoms in total. The number of hydrogen-bond acceptors (Lipinski definition) is 3. The first-order chi connectivity index (χ1) is 8.06. The number of aromatic nitrogens is 2. The molecule has 0 aliphatic rings. The number of H-pyrrole nitrogens is 1. The number of aryl methyl sites for hydroxylation is 1. The van der Waals surface area contributed by atoms with E-state index in [2.05, 4.69) is 29.4 Å². The number of nitrogen functional groups attached to an aromatic ring is 1. The number of carbonyl (C=O) groups is 1. The van der Waals surface area contributed by atoms with Crippen LogP contribution in [0.4, 0.5) is 5.69 Å². The molecular weight excluding hydrogens is 216 g/mol. The van der Waals surface area contributed by atoms with Gasteiger partial charge in [0.1, 0.15) is 0 Å². The van der Waals surface area contributed by atoms with E-state index in [0.717, 1.165) is 25.0 Å². The second kappa shape index (κ2) is 6.27. The second-order valence-electron chi connectivity index (χ2n) is 4.61. The summed E-state index contributed by atoms with van der Waals surface area (Å²) in [6.07, 6.45) is 2.84. The van der Waals surface area contributed by atoms with E-state index in [1.165, 1.54) is 0 Å². The third kappa shape index (κ3) is 3.76. The maximum atomic E-state index is 11.8. The maximum absolute atomic E-state index is 11.8. The first kappa shape index (κ1) is 13.5. The molecule has 0 unspecified atom stereocenters. The van der Waals surface area contributed by atoms with E-state index >= 15 is 0 Å². The average Bonchev–Trinajstić information content (AvgIpc) is 2.65. The molecule has 1 heterocycles. The van der Waals surface area contributed by atoms with Crippen LogP contribution in [0.5, 0.6) is 0 Å².